The number of hydrogen-bond donors (Lipinski definition) is 1. The van der Waals surface area contributed by atoms with Crippen LogP contribution in [0.1, 0.15) is 36.0 Å². The number of thiazole rings is 2. The van der Waals surface area contributed by atoms with Crippen LogP contribution in [0.2, 0.25) is 0 Å². The van der Waals surface area contributed by atoms with Crippen molar-refractivity contribution >= 4 is 29.0 Å². The van der Waals surface area contributed by atoms with Gasteiger partial charge in [-0.15, -0.1) is 22.7 Å². The fraction of sp³-hybridized carbons (Fsp3) is 0.500. The van der Waals surface area contributed by atoms with Gasteiger partial charge in [0.05, 0.1) is 41.0 Å². The minimum absolute atomic E-state index is 0.0766. The second-order valence-electron chi connectivity index (χ2n) is 4.32. The average molecular weight is 344 g/mol. The summed E-state index contributed by atoms with van der Waals surface area (Å²) in [6.45, 7) is 4.80. The van der Waals surface area contributed by atoms with Gasteiger partial charge in [0.25, 0.3) is 0 Å². The number of hydrogen-bond acceptors (Lipinski definition) is 8. The maximum absolute atomic E-state index is 10.4. The zero-order valence-electron chi connectivity index (χ0n) is 13.1. The van der Waals surface area contributed by atoms with Gasteiger partial charge < -0.3 is 14.6 Å². The van der Waals surface area contributed by atoms with Crippen molar-refractivity contribution in [3.8, 4) is 0 Å². The number of methoxy groups -OCH3 is 2. The summed E-state index contributed by atoms with van der Waals surface area (Å²) in [5.74, 6) is 0. The molecule has 0 aromatic carbocycles. The molecule has 22 heavy (non-hydrogen) atoms. The Morgan fingerprint density at radius 2 is 1.59 bits per heavy atom. The molecule has 0 fully saturated rings. The zero-order valence-corrected chi connectivity index (χ0v) is 14.7. The van der Waals surface area contributed by atoms with Crippen LogP contribution in [-0.4, -0.2) is 35.6 Å². The SMILES string of the molecule is COCc1nc(C)c(C=O)s1.COCc1nc(C)c(CO)s1. The molecular weight excluding hydrogens is 324 g/mol. The van der Waals surface area contributed by atoms with Crippen LogP contribution in [0.3, 0.4) is 0 Å². The van der Waals surface area contributed by atoms with Crippen molar-refractivity contribution < 1.29 is 19.4 Å². The number of nitrogens with zero attached hydrogens (tertiary/aromatic N) is 2. The summed E-state index contributed by atoms with van der Waals surface area (Å²) in [6.07, 6.45) is 0.826. The average Bonchev–Trinajstić information content (AvgIpc) is 3.02. The molecule has 1 N–H and O–H groups in total. The van der Waals surface area contributed by atoms with E-state index in [1.165, 1.54) is 22.7 Å². The third kappa shape index (κ3) is 5.54. The first-order chi connectivity index (χ1) is 10.5. The molecule has 0 unspecified atom stereocenters. The molecule has 8 heteroatoms. The van der Waals surface area contributed by atoms with E-state index in [0.717, 1.165) is 32.6 Å². The number of aryl methyl sites for hydroxylation is 2. The number of ether oxygens (including phenoxy) is 2. The van der Waals surface area contributed by atoms with E-state index in [2.05, 4.69) is 9.97 Å². The quantitative estimate of drug-likeness (QED) is 0.811. The van der Waals surface area contributed by atoms with E-state index in [-0.39, 0.29) is 6.61 Å². The Hall–Kier alpha value is -1.19. The Kier molecular flexibility index (Phi) is 8.36. The summed E-state index contributed by atoms with van der Waals surface area (Å²) >= 11 is 2.88. The van der Waals surface area contributed by atoms with Crippen LogP contribution in [-0.2, 0) is 29.3 Å². The van der Waals surface area contributed by atoms with Gasteiger partial charge in [-0.3, -0.25) is 4.79 Å². The highest BCUT2D eigenvalue weighted by molar-refractivity contribution is 7.13. The maximum Gasteiger partial charge on any atom is 0.161 e. The lowest BCUT2D eigenvalue weighted by atomic mass is 10.4. The van der Waals surface area contributed by atoms with Gasteiger partial charge in [-0.25, -0.2) is 9.97 Å². The lowest BCUT2D eigenvalue weighted by Gasteiger charge is -1.88. The monoisotopic (exact) mass is 344 g/mol. The molecule has 2 aromatic rings. The molecule has 0 bridgehead atoms. The number of aromatic nitrogens is 2. The molecule has 6 nitrogen and oxygen atoms in total. The van der Waals surface area contributed by atoms with Crippen LogP contribution >= 0.6 is 22.7 Å². The van der Waals surface area contributed by atoms with Gasteiger partial charge in [0.1, 0.15) is 10.0 Å². The van der Waals surface area contributed by atoms with E-state index >= 15 is 0 Å². The van der Waals surface area contributed by atoms with Gasteiger partial charge >= 0.3 is 0 Å². The van der Waals surface area contributed by atoms with Gasteiger partial charge in [-0.05, 0) is 13.8 Å². The smallest absolute Gasteiger partial charge is 0.161 e. The summed E-state index contributed by atoms with van der Waals surface area (Å²) in [5.41, 5.74) is 1.70. The molecular formula is C14H20N2O4S2. The van der Waals surface area contributed by atoms with Crippen molar-refractivity contribution in [3.05, 3.63) is 31.2 Å². The predicted molar refractivity (Wildman–Crippen MR) is 86.4 cm³/mol. The lowest BCUT2D eigenvalue weighted by molar-refractivity contribution is 0.112. The van der Waals surface area contributed by atoms with Crippen LogP contribution < -0.4 is 0 Å². The van der Waals surface area contributed by atoms with Gasteiger partial charge in [0.15, 0.2) is 6.29 Å². The van der Waals surface area contributed by atoms with Crippen molar-refractivity contribution in [1.29, 1.82) is 0 Å². The molecule has 0 radical (unpaired) electrons. The summed E-state index contributed by atoms with van der Waals surface area (Å²) in [6, 6.07) is 0. The number of aliphatic hydroxyl groups is 1. The summed E-state index contributed by atoms with van der Waals surface area (Å²) in [4.78, 5) is 20.3. The van der Waals surface area contributed by atoms with Gasteiger partial charge in [0.2, 0.25) is 0 Å². The van der Waals surface area contributed by atoms with E-state index in [0.29, 0.717) is 18.1 Å². The van der Waals surface area contributed by atoms with Crippen LogP contribution in [0.15, 0.2) is 0 Å². The lowest BCUT2D eigenvalue weighted by Crippen LogP contribution is -1.85. The van der Waals surface area contributed by atoms with Crippen LogP contribution in [0.4, 0.5) is 0 Å². The molecule has 2 rings (SSSR count). The maximum atomic E-state index is 10.4. The Labute approximate surface area is 137 Å². The minimum atomic E-state index is 0.0766. The molecule has 2 heterocycles. The van der Waals surface area contributed by atoms with Crippen molar-refractivity contribution in [2.75, 3.05) is 14.2 Å². The minimum Gasteiger partial charge on any atom is -0.391 e. The summed E-state index contributed by atoms with van der Waals surface area (Å²) in [7, 11) is 3.24. The number of carbonyl (C=O) groups is 1. The molecule has 2 aromatic heterocycles. The third-order valence-electron chi connectivity index (χ3n) is 2.60. The van der Waals surface area contributed by atoms with Crippen molar-refractivity contribution in [3.63, 3.8) is 0 Å². The van der Waals surface area contributed by atoms with Crippen LogP contribution in [0.5, 0.6) is 0 Å². The first kappa shape index (κ1) is 18.9. The second-order valence-corrected chi connectivity index (χ2v) is 6.60. The fourth-order valence-corrected chi connectivity index (χ4v) is 3.34. The van der Waals surface area contributed by atoms with E-state index in [1.54, 1.807) is 14.2 Å². The van der Waals surface area contributed by atoms with Crippen LogP contribution in [0, 0.1) is 13.8 Å². The fourth-order valence-electron chi connectivity index (χ4n) is 1.58. The summed E-state index contributed by atoms with van der Waals surface area (Å²) < 4.78 is 9.78. The first-order valence-corrected chi connectivity index (χ1v) is 8.14. The molecule has 0 amide bonds. The standard InChI is InChI=1S/C7H11NO2S.C7H9NO2S/c2*1-5-6(3-9)11-7(8-5)4-10-2/h9H,3-4H2,1-2H3;3H,4H2,1-2H3. The molecule has 0 aliphatic rings. The van der Waals surface area contributed by atoms with Crippen molar-refractivity contribution in [2.24, 2.45) is 0 Å². The molecule has 0 aliphatic carbocycles. The highest BCUT2D eigenvalue weighted by Gasteiger charge is 2.05. The number of aldehydes is 1. The molecule has 0 spiro atoms. The summed E-state index contributed by atoms with van der Waals surface area (Å²) in [5, 5.41) is 10.6. The Balaban J connectivity index is 0.000000220. The largest absolute Gasteiger partial charge is 0.391 e. The number of rotatable bonds is 6. The topological polar surface area (TPSA) is 81.5 Å². The second kappa shape index (κ2) is 9.75. The third-order valence-corrected chi connectivity index (χ3v) is 4.77. The van der Waals surface area contributed by atoms with Gasteiger partial charge in [0, 0.05) is 14.2 Å². The molecule has 0 saturated heterocycles. The zero-order chi connectivity index (χ0) is 16.5. The Bertz CT molecular complexity index is 596. The number of aliphatic hydroxyl groups excluding tert-OH is 1. The molecule has 122 valence electrons. The highest BCUT2D eigenvalue weighted by Crippen LogP contribution is 2.18. The van der Waals surface area contributed by atoms with E-state index < -0.39 is 0 Å². The molecule has 0 saturated carbocycles. The van der Waals surface area contributed by atoms with E-state index in [9.17, 15) is 4.79 Å². The van der Waals surface area contributed by atoms with Crippen molar-refractivity contribution in [2.45, 2.75) is 33.7 Å². The highest BCUT2D eigenvalue weighted by atomic mass is 32.1. The van der Waals surface area contributed by atoms with Crippen LogP contribution in [0.25, 0.3) is 0 Å². The Morgan fingerprint density at radius 3 is 2.00 bits per heavy atom. The van der Waals surface area contributed by atoms with E-state index in [4.69, 9.17) is 14.6 Å². The van der Waals surface area contributed by atoms with Gasteiger partial charge in [-0.1, -0.05) is 0 Å². The van der Waals surface area contributed by atoms with E-state index in [1.807, 2.05) is 13.8 Å². The number of carbonyl (C=O) groups excluding carboxylic acids is 1. The molecule has 0 atom stereocenters. The predicted octanol–water partition coefficient (Wildman–Crippen LogP) is 2.50. The van der Waals surface area contributed by atoms with Crippen molar-refractivity contribution in [1.82, 2.24) is 9.97 Å². The first-order valence-electron chi connectivity index (χ1n) is 6.51. The Morgan fingerprint density at radius 1 is 1.05 bits per heavy atom. The normalized spacial score (nSPS) is 10.2. The molecule has 0 aliphatic heterocycles. The van der Waals surface area contributed by atoms with Gasteiger partial charge in [-0.2, -0.15) is 0 Å².